The lowest BCUT2D eigenvalue weighted by Crippen LogP contribution is -2.43. The van der Waals surface area contributed by atoms with Crippen LogP contribution in [0.1, 0.15) is 31.2 Å². The van der Waals surface area contributed by atoms with E-state index in [1.165, 1.54) is 11.0 Å². The third-order valence-electron chi connectivity index (χ3n) is 4.45. The van der Waals surface area contributed by atoms with Gasteiger partial charge in [-0.05, 0) is 49.5 Å². The number of nitrogens with zero attached hydrogens (tertiary/aromatic N) is 1. The molecule has 2 heterocycles. The molecule has 3 N–H and O–H groups in total. The van der Waals surface area contributed by atoms with E-state index in [-0.39, 0.29) is 11.9 Å². The highest BCUT2D eigenvalue weighted by Crippen LogP contribution is 2.36. The number of nitrogens with two attached hydrogens (primary N) is 1. The summed E-state index contributed by atoms with van der Waals surface area (Å²) >= 11 is 6.02. The maximum atomic E-state index is 12.5. The summed E-state index contributed by atoms with van der Waals surface area (Å²) in [7, 11) is 0. The van der Waals surface area contributed by atoms with Crippen molar-refractivity contribution in [3.05, 3.63) is 34.9 Å². The Bertz CT molecular complexity index is 671. The second-order valence-corrected chi connectivity index (χ2v) is 6.21. The highest BCUT2D eigenvalue weighted by Gasteiger charge is 2.41. The van der Waals surface area contributed by atoms with Crippen LogP contribution in [0.3, 0.4) is 0 Å². The zero-order valence-electron chi connectivity index (χ0n) is 12.0. The van der Waals surface area contributed by atoms with Crippen LogP contribution in [0.15, 0.2) is 24.3 Å². The average Bonchev–Trinajstić information content (AvgIpc) is 2.83. The van der Waals surface area contributed by atoms with Crippen LogP contribution in [0, 0.1) is 0 Å². The molecule has 5 nitrogen and oxygen atoms in total. The van der Waals surface area contributed by atoms with Crippen LogP contribution in [0.2, 0.25) is 5.02 Å². The van der Waals surface area contributed by atoms with Crippen molar-refractivity contribution in [3.8, 4) is 0 Å². The van der Waals surface area contributed by atoms with Gasteiger partial charge in [0.2, 0.25) is 5.91 Å². The molecule has 1 amide bonds. The topological polar surface area (TPSA) is 83.6 Å². The van der Waals surface area contributed by atoms with Gasteiger partial charge in [0.1, 0.15) is 6.04 Å². The quantitative estimate of drug-likeness (QED) is 0.820. The van der Waals surface area contributed by atoms with E-state index in [0.717, 1.165) is 24.0 Å². The van der Waals surface area contributed by atoms with Crippen molar-refractivity contribution in [2.45, 2.75) is 37.8 Å². The summed E-state index contributed by atoms with van der Waals surface area (Å²) in [6.45, 7) is 0. The number of anilines is 1. The van der Waals surface area contributed by atoms with Crippen molar-refractivity contribution >= 4 is 34.7 Å². The van der Waals surface area contributed by atoms with Crippen LogP contribution >= 0.6 is 11.6 Å². The zero-order chi connectivity index (χ0) is 15.9. The van der Waals surface area contributed by atoms with Gasteiger partial charge in [0.05, 0.1) is 0 Å². The van der Waals surface area contributed by atoms with Gasteiger partial charge in [-0.3, -0.25) is 4.79 Å². The van der Waals surface area contributed by atoms with Crippen molar-refractivity contribution < 1.29 is 14.7 Å². The molecule has 1 saturated heterocycles. The van der Waals surface area contributed by atoms with Crippen molar-refractivity contribution in [1.29, 1.82) is 0 Å². The van der Waals surface area contributed by atoms with E-state index in [0.29, 0.717) is 23.6 Å². The second kappa shape index (κ2) is 5.65. The highest BCUT2D eigenvalue weighted by molar-refractivity contribution is 6.30. The number of benzene rings is 1. The minimum atomic E-state index is -0.935. The summed E-state index contributed by atoms with van der Waals surface area (Å²) in [6.07, 6.45) is 4.20. The standard InChI is InChI=1S/C16H17ClN2O3/c17-10-2-5-13(18)12(8-10)9-1-3-11-4-6-14(16(21)22)19(11)15(20)7-9/h2,5,7-8,11,14H,1,3-4,6,18H2,(H,21,22)/t11-,14-/m0/s1. The summed E-state index contributed by atoms with van der Waals surface area (Å²) in [4.78, 5) is 25.3. The fourth-order valence-electron chi connectivity index (χ4n) is 3.38. The fraction of sp³-hybridized carbons (Fsp3) is 0.375. The molecule has 0 bridgehead atoms. The molecule has 22 heavy (non-hydrogen) atoms. The van der Waals surface area contributed by atoms with Gasteiger partial charge in [0.15, 0.2) is 0 Å². The number of aliphatic carboxylic acids is 1. The number of carbonyl (C=O) groups excluding carboxylic acids is 1. The minimum Gasteiger partial charge on any atom is -0.480 e. The number of halogens is 1. The molecule has 3 rings (SSSR count). The van der Waals surface area contributed by atoms with Gasteiger partial charge in [0.25, 0.3) is 0 Å². The SMILES string of the molecule is Nc1ccc(Cl)cc1C1=CC(=O)N2[C@@H](CC1)CC[C@H]2C(=O)O. The Kier molecular flexibility index (Phi) is 3.83. The van der Waals surface area contributed by atoms with Crippen LogP contribution < -0.4 is 5.73 Å². The monoisotopic (exact) mass is 320 g/mol. The molecule has 0 aromatic heterocycles. The van der Waals surface area contributed by atoms with E-state index >= 15 is 0 Å². The van der Waals surface area contributed by atoms with Gasteiger partial charge in [0, 0.05) is 28.4 Å². The summed E-state index contributed by atoms with van der Waals surface area (Å²) in [5, 5.41) is 9.83. The van der Waals surface area contributed by atoms with Gasteiger partial charge in [-0.25, -0.2) is 4.79 Å². The number of rotatable bonds is 2. The Labute approximate surface area is 133 Å². The van der Waals surface area contributed by atoms with E-state index < -0.39 is 12.0 Å². The van der Waals surface area contributed by atoms with Crippen LogP contribution in [-0.2, 0) is 9.59 Å². The number of fused-ring (bicyclic) bond motifs is 1. The van der Waals surface area contributed by atoms with E-state index in [9.17, 15) is 14.7 Å². The fourth-order valence-corrected chi connectivity index (χ4v) is 3.55. The number of allylic oxidation sites excluding steroid dienone is 1. The first kappa shape index (κ1) is 14.9. The Morgan fingerprint density at radius 3 is 2.82 bits per heavy atom. The first-order chi connectivity index (χ1) is 10.5. The number of carboxylic acids is 1. The highest BCUT2D eigenvalue weighted by atomic mass is 35.5. The zero-order valence-corrected chi connectivity index (χ0v) is 12.7. The van der Waals surface area contributed by atoms with E-state index in [1.54, 1.807) is 18.2 Å². The molecule has 2 aliphatic rings. The number of carbonyl (C=O) groups is 2. The van der Waals surface area contributed by atoms with Crippen LogP contribution in [0.25, 0.3) is 5.57 Å². The number of amides is 1. The maximum Gasteiger partial charge on any atom is 0.326 e. The van der Waals surface area contributed by atoms with E-state index in [4.69, 9.17) is 17.3 Å². The summed E-state index contributed by atoms with van der Waals surface area (Å²) in [5.74, 6) is -1.18. The van der Waals surface area contributed by atoms with Crippen molar-refractivity contribution in [2.75, 3.05) is 5.73 Å². The summed E-state index contributed by atoms with van der Waals surface area (Å²) < 4.78 is 0. The molecule has 0 spiro atoms. The molecule has 1 aromatic rings. The molecule has 1 aromatic carbocycles. The number of carboxylic acid groups (broad SMARTS) is 1. The lowest BCUT2D eigenvalue weighted by atomic mass is 9.97. The number of hydrogen-bond donors (Lipinski definition) is 2. The van der Waals surface area contributed by atoms with Gasteiger partial charge >= 0.3 is 5.97 Å². The van der Waals surface area contributed by atoms with Gasteiger partial charge in [-0.2, -0.15) is 0 Å². The molecule has 0 aliphatic carbocycles. The predicted molar refractivity (Wildman–Crippen MR) is 84.4 cm³/mol. The third-order valence-corrected chi connectivity index (χ3v) is 4.68. The van der Waals surface area contributed by atoms with E-state index in [1.807, 2.05) is 0 Å². The molecule has 2 aliphatic heterocycles. The Morgan fingerprint density at radius 2 is 2.09 bits per heavy atom. The molecule has 6 heteroatoms. The molecular weight excluding hydrogens is 304 g/mol. The Balaban J connectivity index is 1.96. The summed E-state index contributed by atoms with van der Waals surface area (Å²) in [6, 6.07) is 4.45. The largest absolute Gasteiger partial charge is 0.480 e. The molecule has 1 fully saturated rings. The smallest absolute Gasteiger partial charge is 0.326 e. The van der Waals surface area contributed by atoms with E-state index in [2.05, 4.69) is 0 Å². The van der Waals surface area contributed by atoms with Crippen LogP contribution in [-0.4, -0.2) is 34.0 Å². The van der Waals surface area contributed by atoms with Crippen molar-refractivity contribution in [2.24, 2.45) is 0 Å². The lowest BCUT2D eigenvalue weighted by molar-refractivity contribution is -0.147. The first-order valence-corrected chi connectivity index (χ1v) is 7.66. The second-order valence-electron chi connectivity index (χ2n) is 5.77. The molecule has 0 saturated carbocycles. The van der Waals surface area contributed by atoms with Gasteiger partial charge in [-0.1, -0.05) is 11.6 Å². The lowest BCUT2D eigenvalue weighted by Gasteiger charge is -2.25. The van der Waals surface area contributed by atoms with Crippen molar-refractivity contribution in [1.82, 2.24) is 4.90 Å². The molecule has 2 atom stereocenters. The molecule has 116 valence electrons. The van der Waals surface area contributed by atoms with Gasteiger partial charge in [-0.15, -0.1) is 0 Å². The Hall–Kier alpha value is -2.01. The first-order valence-electron chi connectivity index (χ1n) is 7.28. The Morgan fingerprint density at radius 1 is 1.32 bits per heavy atom. The van der Waals surface area contributed by atoms with Crippen LogP contribution in [0.4, 0.5) is 5.69 Å². The maximum absolute atomic E-state index is 12.5. The molecule has 0 unspecified atom stereocenters. The third kappa shape index (κ3) is 2.57. The van der Waals surface area contributed by atoms with Crippen LogP contribution in [0.5, 0.6) is 0 Å². The predicted octanol–water partition coefficient (Wildman–Crippen LogP) is 2.54. The van der Waals surface area contributed by atoms with Gasteiger partial charge < -0.3 is 15.7 Å². The summed E-state index contributed by atoms with van der Waals surface area (Å²) in [5.41, 5.74) is 8.14. The normalized spacial score (nSPS) is 24.7. The number of nitrogen functional groups attached to an aromatic ring is 1. The number of hydrogen-bond acceptors (Lipinski definition) is 3. The molecular formula is C16H17ClN2O3. The average molecular weight is 321 g/mol. The van der Waals surface area contributed by atoms with Crippen molar-refractivity contribution in [3.63, 3.8) is 0 Å². The minimum absolute atomic E-state index is 0.0113. The molecule has 0 radical (unpaired) electrons.